The quantitative estimate of drug-likeness (QED) is 0.776. The predicted molar refractivity (Wildman–Crippen MR) is 97.5 cm³/mol. The van der Waals surface area contributed by atoms with Crippen LogP contribution >= 0.6 is 0 Å². The van der Waals surface area contributed by atoms with Crippen LogP contribution in [-0.2, 0) is 14.4 Å². The van der Waals surface area contributed by atoms with Gasteiger partial charge < -0.3 is 9.80 Å². The third-order valence-corrected chi connectivity index (χ3v) is 6.10. The number of carbonyl (C=O) groups excluding carboxylic acids is 3. The first-order valence-electron chi connectivity index (χ1n) is 9.47. The van der Waals surface area contributed by atoms with Gasteiger partial charge in [0.05, 0.1) is 0 Å². The molecule has 0 aromatic heterocycles. The zero-order valence-electron chi connectivity index (χ0n) is 15.8. The van der Waals surface area contributed by atoms with Crippen LogP contribution in [-0.4, -0.2) is 83.9 Å². The van der Waals surface area contributed by atoms with Gasteiger partial charge in [0, 0.05) is 63.7 Å². The van der Waals surface area contributed by atoms with Gasteiger partial charge in [0.25, 0.3) is 0 Å². The number of likely N-dealkylation sites (tertiary alicyclic amines) is 1. The van der Waals surface area contributed by atoms with Crippen LogP contribution in [0.1, 0.15) is 44.9 Å². The van der Waals surface area contributed by atoms with E-state index >= 15 is 0 Å². The molecule has 1 spiro atoms. The molecule has 3 aliphatic rings. The highest BCUT2D eigenvalue weighted by atomic mass is 16.2. The summed E-state index contributed by atoms with van der Waals surface area (Å²) in [5.74, 6) is 0.269. The maximum atomic E-state index is 12.7. The molecule has 1 atom stereocenters. The molecule has 3 aliphatic heterocycles. The van der Waals surface area contributed by atoms with Crippen LogP contribution in [0.3, 0.4) is 0 Å². The van der Waals surface area contributed by atoms with E-state index in [0.29, 0.717) is 38.6 Å². The van der Waals surface area contributed by atoms with Crippen LogP contribution in [0.25, 0.3) is 0 Å². The maximum Gasteiger partial charge on any atom is 0.240 e. The van der Waals surface area contributed by atoms with Crippen molar-refractivity contribution in [1.82, 2.24) is 20.1 Å². The number of hydrogen-bond donors (Lipinski definition) is 1. The zero-order chi connectivity index (χ0) is 18.7. The lowest BCUT2D eigenvalue weighted by Crippen LogP contribution is -2.62. The molecule has 3 heterocycles. The first kappa shape index (κ1) is 18.8. The highest BCUT2D eigenvalue weighted by molar-refractivity contribution is 5.94. The summed E-state index contributed by atoms with van der Waals surface area (Å²) in [5.41, 5.74) is 3.27. The fourth-order valence-electron chi connectivity index (χ4n) is 4.07. The van der Waals surface area contributed by atoms with Gasteiger partial charge in [0.2, 0.25) is 17.7 Å². The first-order valence-corrected chi connectivity index (χ1v) is 9.47. The number of carbonyl (C=O) groups is 3. The van der Waals surface area contributed by atoms with Crippen LogP contribution in [0.5, 0.6) is 0 Å². The summed E-state index contributed by atoms with van der Waals surface area (Å²) in [6, 6.07) is 0. The Balaban J connectivity index is 1.59. The molecule has 0 aromatic carbocycles. The number of hydrogen-bond acceptors (Lipinski definition) is 5. The fraction of sp³-hybridized carbons (Fsp3) is 0.778. The van der Waals surface area contributed by atoms with Crippen molar-refractivity contribution in [3.8, 4) is 0 Å². The first-order chi connectivity index (χ1) is 12.4. The zero-order valence-corrected chi connectivity index (χ0v) is 15.8. The molecule has 8 nitrogen and oxygen atoms in total. The molecule has 0 aromatic rings. The molecular weight excluding hydrogens is 334 g/mol. The Labute approximate surface area is 154 Å². The summed E-state index contributed by atoms with van der Waals surface area (Å²) in [7, 11) is 3.97. The van der Waals surface area contributed by atoms with E-state index in [2.05, 4.69) is 22.5 Å². The molecule has 26 heavy (non-hydrogen) atoms. The van der Waals surface area contributed by atoms with Gasteiger partial charge in [-0.05, 0) is 32.7 Å². The Bertz CT molecular complexity index is 620. The van der Waals surface area contributed by atoms with Gasteiger partial charge in [-0.3, -0.25) is 19.3 Å². The van der Waals surface area contributed by atoms with Crippen molar-refractivity contribution in [2.24, 2.45) is 5.10 Å². The van der Waals surface area contributed by atoms with Gasteiger partial charge in [0.1, 0.15) is 0 Å². The van der Waals surface area contributed by atoms with Crippen molar-refractivity contribution >= 4 is 23.4 Å². The van der Waals surface area contributed by atoms with Gasteiger partial charge in [-0.15, -0.1) is 0 Å². The molecule has 0 bridgehead atoms. The van der Waals surface area contributed by atoms with Crippen LogP contribution in [0.2, 0.25) is 0 Å². The van der Waals surface area contributed by atoms with E-state index in [1.54, 1.807) is 4.90 Å². The summed E-state index contributed by atoms with van der Waals surface area (Å²) in [5, 5.41) is 4.05. The van der Waals surface area contributed by atoms with Crippen molar-refractivity contribution < 1.29 is 14.4 Å². The van der Waals surface area contributed by atoms with E-state index in [0.717, 1.165) is 38.2 Å². The summed E-state index contributed by atoms with van der Waals surface area (Å²) in [6.45, 7) is 2.99. The van der Waals surface area contributed by atoms with Crippen molar-refractivity contribution in [2.75, 3.05) is 40.3 Å². The second kappa shape index (κ2) is 7.73. The molecule has 144 valence electrons. The van der Waals surface area contributed by atoms with Crippen LogP contribution < -0.4 is 5.43 Å². The standard InChI is InChI=1S/C18H29N5O3/c1-21-10-9-18(8-7-16(21)25)13-23(12-11-22(18)2)17(26)6-4-14-3-5-15(24)20-19-14/h3-13H2,1-2H3,(H,20,24). The molecule has 0 aliphatic carbocycles. The van der Waals surface area contributed by atoms with Gasteiger partial charge >= 0.3 is 0 Å². The van der Waals surface area contributed by atoms with E-state index in [1.165, 1.54) is 0 Å². The Morgan fingerprint density at radius 1 is 1.12 bits per heavy atom. The number of likely N-dealkylation sites (N-methyl/N-ethyl adjacent to an activating group) is 1. The lowest BCUT2D eigenvalue weighted by molar-refractivity contribution is -0.136. The second-order valence-electron chi connectivity index (χ2n) is 7.74. The second-order valence-corrected chi connectivity index (χ2v) is 7.74. The molecule has 2 saturated heterocycles. The molecule has 3 amide bonds. The number of hydrazone groups is 1. The number of rotatable bonds is 3. The van der Waals surface area contributed by atoms with Gasteiger partial charge in [-0.1, -0.05) is 0 Å². The highest BCUT2D eigenvalue weighted by Gasteiger charge is 2.42. The van der Waals surface area contributed by atoms with Gasteiger partial charge in [-0.2, -0.15) is 5.10 Å². The average molecular weight is 363 g/mol. The fourth-order valence-corrected chi connectivity index (χ4v) is 4.07. The smallest absolute Gasteiger partial charge is 0.240 e. The van der Waals surface area contributed by atoms with Crippen molar-refractivity contribution in [3.63, 3.8) is 0 Å². The molecular formula is C18H29N5O3. The third-order valence-electron chi connectivity index (χ3n) is 6.10. The minimum absolute atomic E-state index is 0.0611. The SMILES string of the molecule is CN1CCC2(CCC1=O)CN(C(=O)CCC1=NNC(=O)CC1)CCN2C. The molecule has 0 saturated carbocycles. The van der Waals surface area contributed by atoms with Crippen LogP contribution in [0.15, 0.2) is 5.10 Å². The number of piperazine rings is 1. The number of amides is 3. The molecule has 0 radical (unpaired) electrons. The predicted octanol–water partition coefficient (Wildman–Crippen LogP) is 0.188. The Kier molecular flexibility index (Phi) is 5.60. The minimum atomic E-state index is -0.106. The van der Waals surface area contributed by atoms with Crippen molar-refractivity contribution in [2.45, 2.75) is 50.5 Å². The minimum Gasteiger partial charge on any atom is -0.346 e. The monoisotopic (exact) mass is 363 g/mol. The normalized spacial score (nSPS) is 28.0. The van der Waals surface area contributed by atoms with Crippen molar-refractivity contribution in [1.29, 1.82) is 0 Å². The largest absolute Gasteiger partial charge is 0.346 e. The van der Waals surface area contributed by atoms with Gasteiger partial charge in [0.15, 0.2) is 0 Å². The van der Waals surface area contributed by atoms with Crippen molar-refractivity contribution in [3.05, 3.63) is 0 Å². The molecule has 8 heteroatoms. The van der Waals surface area contributed by atoms with E-state index in [1.807, 2.05) is 11.9 Å². The number of nitrogens with one attached hydrogen (secondary N) is 1. The van der Waals surface area contributed by atoms with Crippen LogP contribution in [0, 0.1) is 0 Å². The summed E-state index contributed by atoms with van der Waals surface area (Å²) < 4.78 is 0. The number of nitrogens with zero attached hydrogens (tertiary/aromatic N) is 4. The Morgan fingerprint density at radius 3 is 2.65 bits per heavy atom. The van der Waals surface area contributed by atoms with Gasteiger partial charge in [-0.25, -0.2) is 5.43 Å². The summed E-state index contributed by atoms with van der Waals surface area (Å²) >= 11 is 0. The Morgan fingerprint density at radius 2 is 1.92 bits per heavy atom. The lowest BCUT2D eigenvalue weighted by atomic mass is 9.86. The highest BCUT2D eigenvalue weighted by Crippen LogP contribution is 2.32. The topological polar surface area (TPSA) is 85.3 Å². The molecule has 1 unspecified atom stereocenters. The third kappa shape index (κ3) is 4.06. The molecule has 1 N–H and O–H groups in total. The summed E-state index contributed by atoms with van der Waals surface area (Å²) in [4.78, 5) is 42.0. The lowest BCUT2D eigenvalue weighted by Gasteiger charge is -2.49. The van der Waals surface area contributed by atoms with Crippen LogP contribution in [0.4, 0.5) is 0 Å². The maximum absolute atomic E-state index is 12.7. The Hall–Kier alpha value is -1.96. The van der Waals surface area contributed by atoms with E-state index in [4.69, 9.17) is 0 Å². The average Bonchev–Trinajstić information content (AvgIpc) is 2.78. The van der Waals surface area contributed by atoms with E-state index in [9.17, 15) is 14.4 Å². The molecule has 2 fully saturated rings. The molecule has 3 rings (SSSR count). The van der Waals surface area contributed by atoms with E-state index in [-0.39, 0.29) is 23.3 Å². The van der Waals surface area contributed by atoms with E-state index < -0.39 is 0 Å². The summed E-state index contributed by atoms with van der Waals surface area (Å²) in [6.07, 6.45) is 4.35.